The number of carbonyl (C=O) groups is 1. The zero-order valence-electron chi connectivity index (χ0n) is 11.5. The molecule has 0 aliphatic heterocycles. The third-order valence-corrected chi connectivity index (χ3v) is 4.22. The molecule has 1 saturated carbocycles. The summed E-state index contributed by atoms with van der Waals surface area (Å²) < 4.78 is 4.43. The van der Waals surface area contributed by atoms with E-state index in [1.54, 1.807) is 0 Å². The van der Waals surface area contributed by atoms with E-state index in [-0.39, 0.29) is 12.0 Å². The van der Waals surface area contributed by atoms with Crippen LogP contribution in [0.15, 0.2) is 0 Å². The first-order valence-electron chi connectivity index (χ1n) is 6.80. The average Bonchev–Trinajstić information content (AvgIpc) is 2.95. The standard InChI is InChI=1S/C13H21N3O2S/c1-13(2,8-7-10(17)18)15-12-14-11(16-19-12)9-5-3-4-6-9/h9H,3-8H2,1-2H3,(H,17,18)(H,14,15,16). The maximum atomic E-state index is 10.6. The third-order valence-electron chi connectivity index (χ3n) is 3.57. The minimum absolute atomic E-state index is 0.161. The lowest BCUT2D eigenvalue weighted by Gasteiger charge is -2.24. The molecule has 1 aliphatic carbocycles. The summed E-state index contributed by atoms with van der Waals surface area (Å²) in [7, 11) is 0. The molecule has 2 N–H and O–H groups in total. The third kappa shape index (κ3) is 4.16. The first-order chi connectivity index (χ1) is 8.96. The van der Waals surface area contributed by atoms with Gasteiger partial charge in [-0.3, -0.25) is 4.79 Å². The van der Waals surface area contributed by atoms with Gasteiger partial charge in [-0.15, -0.1) is 0 Å². The monoisotopic (exact) mass is 283 g/mol. The van der Waals surface area contributed by atoms with E-state index in [0.29, 0.717) is 12.3 Å². The number of aromatic nitrogens is 2. The van der Waals surface area contributed by atoms with E-state index in [0.717, 1.165) is 11.0 Å². The second kappa shape index (κ2) is 5.86. The van der Waals surface area contributed by atoms with Crippen molar-refractivity contribution in [3.63, 3.8) is 0 Å². The summed E-state index contributed by atoms with van der Waals surface area (Å²) in [5.41, 5.74) is -0.273. The first-order valence-corrected chi connectivity index (χ1v) is 7.57. The summed E-state index contributed by atoms with van der Waals surface area (Å²) in [5, 5.41) is 12.8. The van der Waals surface area contributed by atoms with Crippen molar-refractivity contribution in [1.29, 1.82) is 0 Å². The summed E-state index contributed by atoms with van der Waals surface area (Å²) in [4.78, 5) is 15.2. The van der Waals surface area contributed by atoms with Crippen LogP contribution in [-0.4, -0.2) is 26.0 Å². The SMILES string of the molecule is CC(C)(CCC(=O)O)Nc1nc(C2CCCC2)ns1. The van der Waals surface area contributed by atoms with Crippen molar-refractivity contribution in [2.45, 2.75) is 63.8 Å². The van der Waals surface area contributed by atoms with Crippen LogP contribution in [0.5, 0.6) is 0 Å². The van der Waals surface area contributed by atoms with Gasteiger partial charge in [0.15, 0.2) is 0 Å². The van der Waals surface area contributed by atoms with Crippen molar-refractivity contribution >= 4 is 22.6 Å². The molecule has 19 heavy (non-hydrogen) atoms. The predicted octanol–water partition coefficient (Wildman–Crippen LogP) is 3.25. The van der Waals surface area contributed by atoms with Crippen LogP contribution in [0.1, 0.15) is 64.1 Å². The molecular weight excluding hydrogens is 262 g/mol. The van der Waals surface area contributed by atoms with E-state index in [1.165, 1.54) is 37.2 Å². The maximum absolute atomic E-state index is 10.6. The fourth-order valence-corrected chi connectivity index (χ4v) is 3.23. The molecule has 0 saturated heterocycles. The van der Waals surface area contributed by atoms with Gasteiger partial charge in [-0.05, 0) is 33.1 Å². The van der Waals surface area contributed by atoms with Gasteiger partial charge in [0.2, 0.25) is 5.13 Å². The second-order valence-corrected chi connectivity index (χ2v) is 6.59. The molecule has 0 bridgehead atoms. The van der Waals surface area contributed by atoms with Gasteiger partial charge in [-0.25, -0.2) is 4.98 Å². The first kappa shape index (κ1) is 14.2. The Labute approximate surface area is 117 Å². The van der Waals surface area contributed by atoms with Gasteiger partial charge in [0.25, 0.3) is 0 Å². The Morgan fingerprint density at radius 1 is 1.47 bits per heavy atom. The summed E-state index contributed by atoms with van der Waals surface area (Å²) in [6.07, 6.45) is 5.67. The van der Waals surface area contributed by atoms with E-state index in [2.05, 4.69) is 14.7 Å². The van der Waals surface area contributed by atoms with Gasteiger partial charge in [0.1, 0.15) is 5.82 Å². The molecule has 1 aromatic rings. The van der Waals surface area contributed by atoms with Crippen molar-refractivity contribution in [1.82, 2.24) is 9.36 Å². The molecule has 0 unspecified atom stereocenters. The summed E-state index contributed by atoms with van der Waals surface area (Å²) in [5.74, 6) is 0.715. The number of nitrogens with zero attached hydrogens (tertiary/aromatic N) is 2. The largest absolute Gasteiger partial charge is 0.481 e. The molecule has 0 atom stereocenters. The Kier molecular flexibility index (Phi) is 4.39. The zero-order valence-corrected chi connectivity index (χ0v) is 12.3. The molecule has 0 spiro atoms. The number of carboxylic acid groups (broad SMARTS) is 1. The Balaban J connectivity index is 1.93. The summed E-state index contributed by atoms with van der Waals surface area (Å²) in [6.45, 7) is 3.99. The molecular formula is C13H21N3O2S. The molecule has 1 aromatic heterocycles. The van der Waals surface area contributed by atoms with Crippen LogP contribution in [0.4, 0.5) is 5.13 Å². The highest BCUT2D eigenvalue weighted by atomic mass is 32.1. The van der Waals surface area contributed by atoms with Gasteiger partial charge in [0.05, 0.1) is 0 Å². The Hall–Kier alpha value is -1.17. The van der Waals surface area contributed by atoms with Crippen LogP contribution in [-0.2, 0) is 4.79 Å². The lowest BCUT2D eigenvalue weighted by Crippen LogP contribution is -2.31. The van der Waals surface area contributed by atoms with Gasteiger partial charge < -0.3 is 10.4 Å². The van der Waals surface area contributed by atoms with E-state index in [4.69, 9.17) is 5.11 Å². The molecule has 0 aromatic carbocycles. The zero-order chi connectivity index (χ0) is 13.9. The number of hydrogen-bond donors (Lipinski definition) is 2. The Morgan fingerprint density at radius 3 is 2.79 bits per heavy atom. The molecule has 106 valence electrons. The van der Waals surface area contributed by atoms with Crippen LogP contribution >= 0.6 is 11.5 Å². The number of anilines is 1. The number of aliphatic carboxylic acids is 1. The molecule has 0 radical (unpaired) electrons. The summed E-state index contributed by atoms with van der Waals surface area (Å²) >= 11 is 1.38. The van der Waals surface area contributed by atoms with E-state index in [9.17, 15) is 4.79 Å². The smallest absolute Gasteiger partial charge is 0.303 e. The fourth-order valence-electron chi connectivity index (χ4n) is 2.41. The van der Waals surface area contributed by atoms with Crippen LogP contribution in [0.2, 0.25) is 0 Å². The van der Waals surface area contributed by atoms with Crippen LogP contribution in [0.25, 0.3) is 0 Å². The summed E-state index contributed by atoms with van der Waals surface area (Å²) in [6, 6.07) is 0. The van der Waals surface area contributed by atoms with Crippen LogP contribution in [0, 0.1) is 0 Å². The van der Waals surface area contributed by atoms with Gasteiger partial charge in [0, 0.05) is 29.4 Å². The highest BCUT2D eigenvalue weighted by Crippen LogP contribution is 2.34. The molecule has 0 amide bonds. The molecule has 6 heteroatoms. The second-order valence-electron chi connectivity index (χ2n) is 5.84. The Morgan fingerprint density at radius 2 is 2.16 bits per heavy atom. The van der Waals surface area contributed by atoms with Gasteiger partial charge in [-0.1, -0.05) is 12.8 Å². The van der Waals surface area contributed by atoms with E-state index < -0.39 is 5.97 Å². The minimum atomic E-state index is -0.765. The van der Waals surface area contributed by atoms with Crippen molar-refractivity contribution in [2.24, 2.45) is 0 Å². The molecule has 5 nitrogen and oxygen atoms in total. The fraction of sp³-hybridized carbons (Fsp3) is 0.769. The maximum Gasteiger partial charge on any atom is 0.303 e. The van der Waals surface area contributed by atoms with Crippen molar-refractivity contribution in [3.8, 4) is 0 Å². The van der Waals surface area contributed by atoms with Crippen molar-refractivity contribution in [3.05, 3.63) is 5.82 Å². The highest BCUT2D eigenvalue weighted by molar-refractivity contribution is 7.09. The number of carboxylic acids is 1. The molecule has 1 heterocycles. The van der Waals surface area contributed by atoms with E-state index in [1.807, 2.05) is 13.8 Å². The van der Waals surface area contributed by atoms with Gasteiger partial charge in [-0.2, -0.15) is 4.37 Å². The molecule has 1 fully saturated rings. The van der Waals surface area contributed by atoms with Gasteiger partial charge >= 0.3 is 5.97 Å². The lowest BCUT2D eigenvalue weighted by atomic mass is 9.99. The lowest BCUT2D eigenvalue weighted by molar-refractivity contribution is -0.137. The molecule has 1 aliphatic rings. The quantitative estimate of drug-likeness (QED) is 0.838. The molecule has 2 rings (SSSR count). The number of nitrogens with one attached hydrogen (secondary N) is 1. The van der Waals surface area contributed by atoms with Crippen molar-refractivity contribution < 1.29 is 9.90 Å². The van der Waals surface area contributed by atoms with Crippen LogP contribution in [0.3, 0.4) is 0 Å². The van der Waals surface area contributed by atoms with Crippen LogP contribution < -0.4 is 5.32 Å². The number of hydrogen-bond acceptors (Lipinski definition) is 5. The Bertz CT molecular complexity index is 439. The predicted molar refractivity (Wildman–Crippen MR) is 75.7 cm³/mol. The minimum Gasteiger partial charge on any atom is -0.481 e. The topological polar surface area (TPSA) is 75.1 Å². The number of rotatable bonds is 6. The normalized spacial score (nSPS) is 16.7. The average molecular weight is 283 g/mol. The van der Waals surface area contributed by atoms with E-state index >= 15 is 0 Å². The highest BCUT2D eigenvalue weighted by Gasteiger charge is 2.24. The van der Waals surface area contributed by atoms with Crippen molar-refractivity contribution in [2.75, 3.05) is 5.32 Å².